The Morgan fingerprint density at radius 3 is 2.38 bits per heavy atom. The molecule has 0 radical (unpaired) electrons. The molecular formula is C39H34N4O5S2. The van der Waals surface area contributed by atoms with Gasteiger partial charge in [-0.3, -0.25) is 19.4 Å². The van der Waals surface area contributed by atoms with E-state index in [0.717, 1.165) is 46.6 Å². The van der Waals surface area contributed by atoms with Gasteiger partial charge in [-0.15, -0.1) is 23.1 Å². The fourth-order valence-electron chi connectivity index (χ4n) is 5.60. The van der Waals surface area contributed by atoms with E-state index in [9.17, 15) is 19.2 Å². The number of hydrogen-bond donors (Lipinski definition) is 3. The molecule has 0 bridgehead atoms. The Kier molecular flexibility index (Phi) is 11.2. The number of ether oxygens (including phenoxy) is 1. The van der Waals surface area contributed by atoms with Crippen LogP contribution in [0.4, 0.5) is 10.7 Å². The van der Waals surface area contributed by atoms with Gasteiger partial charge in [-0.1, -0.05) is 60.7 Å². The molecule has 50 heavy (non-hydrogen) atoms. The van der Waals surface area contributed by atoms with Crippen molar-refractivity contribution in [3.8, 4) is 0 Å². The van der Waals surface area contributed by atoms with E-state index >= 15 is 0 Å². The van der Waals surface area contributed by atoms with Crippen LogP contribution in [0, 0.1) is 0 Å². The van der Waals surface area contributed by atoms with Crippen molar-refractivity contribution in [2.24, 2.45) is 0 Å². The molecule has 0 spiro atoms. The lowest BCUT2D eigenvalue weighted by molar-refractivity contribution is -0.116. The number of anilines is 2. The highest BCUT2D eigenvalue weighted by Gasteiger charge is 2.30. The Labute approximate surface area is 298 Å². The highest BCUT2D eigenvalue weighted by Crippen LogP contribution is 2.41. The molecule has 252 valence electrons. The van der Waals surface area contributed by atoms with E-state index in [2.05, 4.69) is 20.9 Å². The van der Waals surface area contributed by atoms with Crippen LogP contribution in [0.25, 0.3) is 6.08 Å². The molecule has 0 saturated carbocycles. The average Bonchev–Trinajstić information content (AvgIpc) is 3.52. The number of nitrogens with zero attached hydrogens (tertiary/aromatic N) is 1. The molecule has 2 aromatic heterocycles. The van der Waals surface area contributed by atoms with Gasteiger partial charge >= 0.3 is 5.97 Å². The number of hydrogen-bond acceptors (Lipinski definition) is 8. The van der Waals surface area contributed by atoms with Gasteiger partial charge in [-0.2, -0.15) is 0 Å². The first-order valence-corrected chi connectivity index (χ1v) is 17.7. The Balaban J connectivity index is 1.24. The van der Waals surface area contributed by atoms with Crippen molar-refractivity contribution >= 4 is 63.6 Å². The van der Waals surface area contributed by atoms with Gasteiger partial charge in [-0.05, 0) is 84.8 Å². The number of pyridine rings is 1. The van der Waals surface area contributed by atoms with E-state index in [1.165, 1.54) is 30.2 Å². The zero-order chi connectivity index (χ0) is 34.9. The summed E-state index contributed by atoms with van der Waals surface area (Å²) in [4.78, 5) is 59.5. The maximum absolute atomic E-state index is 14.0. The third kappa shape index (κ3) is 8.36. The van der Waals surface area contributed by atoms with Crippen molar-refractivity contribution < 1.29 is 23.9 Å². The highest BCUT2D eigenvalue weighted by atomic mass is 32.2. The molecule has 11 heteroatoms. The fourth-order valence-corrected chi connectivity index (χ4v) is 7.97. The number of esters is 1. The molecule has 0 saturated heterocycles. The number of nitrogens with one attached hydrogen (secondary N) is 3. The normalized spacial score (nSPS) is 13.0. The Hall–Kier alpha value is -5.52. The lowest BCUT2D eigenvalue weighted by Crippen LogP contribution is -2.30. The largest absolute Gasteiger partial charge is 0.465 e. The molecule has 3 aromatic carbocycles. The number of fused-ring (bicyclic) bond motifs is 1. The van der Waals surface area contributed by atoms with Crippen molar-refractivity contribution in [2.45, 2.75) is 35.8 Å². The van der Waals surface area contributed by atoms with Crippen LogP contribution in [0.5, 0.6) is 0 Å². The third-order valence-corrected chi connectivity index (χ3v) is 10.5. The van der Waals surface area contributed by atoms with Crippen molar-refractivity contribution in [1.29, 1.82) is 0 Å². The Morgan fingerprint density at radius 1 is 0.880 bits per heavy atom. The van der Waals surface area contributed by atoms with Crippen molar-refractivity contribution in [1.82, 2.24) is 10.3 Å². The topological polar surface area (TPSA) is 126 Å². The number of aryl methyl sites for hydroxylation is 1. The second-order valence-electron chi connectivity index (χ2n) is 11.5. The third-order valence-electron chi connectivity index (χ3n) is 8.01. The second-order valence-corrected chi connectivity index (χ2v) is 13.7. The lowest BCUT2D eigenvalue weighted by atomic mass is 9.95. The van der Waals surface area contributed by atoms with Gasteiger partial charge in [-0.25, -0.2) is 4.79 Å². The molecule has 1 atom stereocenters. The molecule has 5 aromatic rings. The maximum Gasteiger partial charge on any atom is 0.341 e. The van der Waals surface area contributed by atoms with Crippen LogP contribution in [0.3, 0.4) is 0 Å². The van der Waals surface area contributed by atoms with Crippen molar-refractivity contribution in [3.05, 3.63) is 148 Å². The molecular weight excluding hydrogens is 669 g/mol. The zero-order valence-electron chi connectivity index (χ0n) is 27.2. The first-order valence-electron chi connectivity index (χ1n) is 16.0. The molecule has 1 aliphatic carbocycles. The monoisotopic (exact) mass is 702 g/mol. The second kappa shape index (κ2) is 16.3. The first-order chi connectivity index (χ1) is 24.4. The molecule has 3 amide bonds. The summed E-state index contributed by atoms with van der Waals surface area (Å²) in [6.07, 6.45) is 8.43. The highest BCUT2D eigenvalue weighted by molar-refractivity contribution is 8.00. The number of thiophene rings is 1. The number of amides is 3. The summed E-state index contributed by atoms with van der Waals surface area (Å²) in [7, 11) is 1.35. The number of aromatic nitrogens is 1. The summed E-state index contributed by atoms with van der Waals surface area (Å²) in [6.45, 7) is 0. The van der Waals surface area contributed by atoms with E-state index in [4.69, 9.17) is 4.74 Å². The van der Waals surface area contributed by atoms with E-state index in [-0.39, 0.29) is 11.6 Å². The minimum Gasteiger partial charge on any atom is -0.465 e. The van der Waals surface area contributed by atoms with Gasteiger partial charge < -0.3 is 20.7 Å². The summed E-state index contributed by atoms with van der Waals surface area (Å²) in [5.74, 6) is -1.71. The summed E-state index contributed by atoms with van der Waals surface area (Å²) in [5, 5.41) is 8.50. The van der Waals surface area contributed by atoms with Crippen LogP contribution in [-0.4, -0.2) is 35.8 Å². The molecule has 0 fully saturated rings. The van der Waals surface area contributed by atoms with Crippen molar-refractivity contribution in [2.75, 3.05) is 17.7 Å². The molecule has 1 aliphatic rings. The average molecular weight is 703 g/mol. The Morgan fingerprint density at radius 2 is 1.64 bits per heavy atom. The first kappa shape index (κ1) is 34.3. The minimum absolute atomic E-state index is 0.0338. The maximum atomic E-state index is 14.0. The van der Waals surface area contributed by atoms with E-state index in [0.29, 0.717) is 27.4 Å². The zero-order valence-corrected chi connectivity index (χ0v) is 28.8. The fraction of sp³-hybridized carbons (Fsp3) is 0.154. The molecule has 0 aliphatic heterocycles. The summed E-state index contributed by atoms with van der Waals surface area (Å²) < 4.78 is 5.11. The predicted molar refractivity (Wildman–Crippen MR) is 197 cm³/mol. The minimum atomic E-state index is -0.682. The summed E-state index contributed by atoms with van der Waals surface area (Å²) >= 11 is 2.76. The smallest absolute Gasteiger partial charge is 0.341 e. The molecule has 9 nitrogen and oxygen atoms in total. The molecule has 6 rings (SSSR count). The quantitative estimate of drug-likeness (QED) is 0.0732. The van der Waals surface area contributed by atoms with E-state index < -0.39 is 23.0 Å². The standard InChI is InChI=1S/C39H34N4O5S2/c1-48-39(47)33-30-19-8-9-20-32(30)50-38(33)43-37(46)34(26-13-4-2-5-14-26)49-29-18-10-17-28(23-29)41-36(45)31(22-25-12-11-21-40-24-25)42-35(44)27-15-6-3-7-16-27/h2-7,10-18,21-24,34H,8-9,19-20H2,1H3,(H,41,45)(H,42,44)(H,43,46)/b31-22-. The van der Waals surface area contributed by atoms with Crippen LogP contribution in [0.15, 0.2) is 120 Å². The van der Waals surface area contributed by atoms with Crippen LogP contribution >= 0.6 is 23.1 Å². The molecule has 2 heterocycles. The SMILES string of the molecule is COC(=O)c1c(NC(=O)C(Sc2cccc(NC(=O)/C(=C/c3cccnc3)NC(=O)c3ccccc3)c2)c2ccccc2)sc2c1CCCC2. The lowest BCUT2D eigenvalue weighted by Gasteiger charge is -2.18. The Bertz CT molecular complexity index is 2030. The number of methoxy groups -OCH3 is 1. The van der Waals surface area contributed by atoms with Crippen LogP contribution in [0.2, 0.25) is 0 Å². The van der Waals surface area contributed by atoms with Gasteiger partial charge in [0.05, 0.1) is 12.7 Å². The van der Waals surface area contributed by atoms with Gasteiger partial charge in [0, 0.05) is 33.4 Å². The molecule has 1 unspecified atom stereocenters. The van der Waals surface area contributed by atoms with E-state index in [1.54, 1.807) is 79.1 Å². The van der Waals surface area contributed by atoms with Gasteiger partial charge in [0.2, 0.25) is 5.91 Å². The summed E-state index contributed by atoms with van der Waals surface area (Å²) in [5.41, 5.74) is 3.72. The number of carbonyl (C=O) groups is 4. The van der Waals surface area contributed by atoms with Crippen LogP contribution in [-0.2, 0) is 27.2 Å². The van der Waals surface area contributed by atoms with Gasteiger partial charge in [0.1, 0.15) is 15.9 Å². The number of carbonyl (C=O) groups excluding carboxylic acids is 4. The molecule has 3 N–H and O–H groups in total. The van der Waals surface area contributed by atoms with Gasteiger partial charge in [0.25, 0.3) is 11.8 Å². The van der Waals surface area contributed by atoms with Crippen LogP contribution in [0.1, 0.15) is 60.4 Å². The number of benzene rings is 3. The predicted octanol–water partition coefficient (Wildman–Crippen LogP) is 7.69. The number of rotatable bonds is 11. The summed E-state index contributed by atoms with van der Waals surface area (Å²) in [6, 6.07) is 28.7. The van der Waals surface area contributed by atoms with Gasteiger partial charge in [0.15, 0.2) is 0 Å². The van der Waals surface area contributed by atoms with E-state index in [1.807, 2.05) is 36.4 Å². The number of thioether (sulfide) groups is 1. The van der Waals surface area contributed by atoms with Crippen LogP contribution < -0.4 is 16.0 Å². The van der Waals surface area contributed by atoms with Crippen molar-refractivity contribution in [3.63, 3.8) is 0 Å².